The number of non-ortho nitro benzene ring substituents is 1. The van der Waals surface area contributed by atoms with Crippen molar-refractivity contribution in [2.45, 2.75) is 0 Å². The van der Waals surface area contributed by atoms with Gasteiger partial charge in [0.2, 0.25) is 0 Å². The van der Waals surface area contributed by atoms with Crippen molar-refractivity contribution in [1.29, 1.82) is 0 Å². The number of hydrogen-bond donors (Lipinski definition) is 1. The SMILES string of the molecule is COc1ccc(N2C(=O)C(=Cc3cc([N+](=O)[O-])ccc3O)SC2=S)cc1. The van der Waals surface area contributed by atoms with Gasteiger partial charge in [-0.1, -0.05) is 24.0 Å². The van der Waals surface area contributed by atoms with Crippen molar-refractivity contribution in [3.63, 3.8) is 0 Å². The Labute approximate surface area is 158 Å². The average molecular weight is 388 g/mol. The predicted molar refractivity (Wildman–Crippen MR) is 103 cm³/mol. The van der Waals surface area contributed by atoms with Gasteiger partial charge < -0.3 is 9.84 Å². The fourth-order valence-corrected chi connectivity index (χ4v) is 3.62. The number of thioether (sulfide) groups is 1. The smallest absolute Gasteiger partial charge is 0.270 e. The highest BCUT2D eigenvalue weighted by Crippen LogP contribution is 2.37. The van der Waals surface area contributed by atoms with Crippen molar-refractivity contribution in [3.8, 4) is 11.5 Å². The quantitative estimate of drug-likeness (QED) is 0.369. The van der Waals surface area contributed by atoms with Gasteiger partial charge in [0.05, 0.1) is 22.6 Å². The van der Waals surface area contributed by atoms with Gasteiger partial charge in [-0.3, -0.25) is 19.8 Å². The first-order valence-electron chi connectivity index (χ1n) is 7.30. The van der Waals surface area contributed by atoms with Gasteiger partial charge in [0.15, 0.2) is 4.32 Å². The summed E-state index contributed by atoms with van der Waals surface area (Å²) in [5, 5.41) is 20.8. The molecule has 0 aromatic heterocycles. The van der Waals surface area contributed by atoms with Gasteiger partial charge in [-0.2, -0.15) is 0 Å². The van der Waals surface area contributed by atoms with Crippen molar-refractivity contribution < 1.29 is 19.6 Å². The molecule has 0 saturated carbocycles. The van der Waals surface area contributed by atoms with Crippen LogP contribution in [0.3, 0.4) is 0 Å². The molecule has 0 unspecified atom stereocenters. The molecule has 1 N–H and O–H groups in total. The molecule has 1 amide bonds. The van der Waals surface area contributed by atoms with Crippen molar-refractivity contribution in [3.05, 3.63) is 63.0 Å². The summed E-state index contributed by atoms with van der Waals surface area (Å²) in [6.45, 7) is 0. The van der Waals surface area contributed by atoms with Crippen LogP contribution in [-0.4, -0.2) is 27.4 Å². The van der Waals surface area contributed by atoms with Gasteiger partial charge >= 0.3 is 0 Å². The van der Waals surface area contributed by atoms with E-state index < -0.39 is 4.92 Å². The number of thiocarbonyl (C=S) groups is 1. The Morgan fingerprint density at radius 1 is 1.27 bits per heavy atom. The Morgan fingerprint density at radius 3 is 2.58 bits per heavy atom. The number of nitro benzene ring substituents is 1. The lowest BCUT2D eigenvalue weighted by molar-refractivity contribution is -0.384. The first-order valence-corrected chi connectivity index (χ1v) is 8.52. The Balaban J connectivity index is 1.94. The number of rotatable bonds is 4. The van der Waals surface area contributed by atoms with Gasteiger partial charge in [-0.25, -0.2) is 0 Å². The Kier molecular flexibility index (Phi) is 4.92. The van der Waals surface area contributed by atoms with Crippen LogP contribution < -0.4 is 9.64 Å². The molecular formula is C17H12N2O5S2. The summed E-state index contributed by atoms with van der Waals surface area (Å²) in [4.78, 5) is 24.7. The molecule has 2 aromatic rings. The molecule has 0 atom stereocenters. The molecule has 0 radical (unpaired) electrons. The van der Waals surface area contributed by atoms with Gasteiger partial charge in [-0.15, -0.1) is 0 Å². The molecule has 7 nitrogen and oxygen atoms in total. The number of ether oxygens (including phenoxy) is 1. The Hall–Kier alpha value is -2.91. The fraction of sp³-hybridized carbons (Fsp3) is 0.0588. The lowest BCUT2D eigenvalue weighted by atomic mass is 10.1. The average Bonchev–Trinajstić information content (AvgIpc) is 2.90. The minimum Gasteiger partial charge on any atom is -0.507 e. The normalized spacial score (nSPS) is 15.6. The molecule has 9 heteroatoms. The number of phenolic OH excluding ortho intramolecular Hbond substituents is 1. The fourth-order valence-electron chi connectivity index (χ4n) is 2.33. The van der Waals surface area contributed by atoms with Crippen LogP contribution in [0.4, 0.5) is 11.4 Å². The molecule has 1 heterocycles. The van der Waals surface area contributed by atoms with Crippen molar-refractivity contribution in [1.82, 2.24) is 0 Å². The highest BCUT2D eigenvalue weighted by Gasteiger charge is 2.33. The summed E-state index contributed by atoms with van der Waals surface area (Å²) < 4.78 is 5.42. The molecule has 132 valence electrons. The summed E-state index contributed by atoms with van der Waals surface area (Å²) in [7, 11) is 1.54. The van der Waals surface area contributed by atoms with Crippen LogP contribution in [0.25, 0.3) is 6.08 Å². The number of hydrogen-bond acceptors (Lipinski definition) is 7. The second-order valence-corrected chi connectivity index (χ2v) is 6.89. The van der Waals surface area contributed by atoms with E-state index in [9.17, 15) is 20.0 Å². The van der Waals surface area contributed by atoms with Gasteiger partial charge in [0.25, 0.3) is 11.6 Å². The van der Waals surface area contributed by atoms with Crippen molar-refractivity contribution in [2.75, 3.05) is 12.0 Å². The molecule has 0 aliphatic carbocycles. The number of nitrogens with zero attached hydrogens (tertiary/aromatic N) is 2. The van der Waals surface area contributed by atoms with E-state index in [1.54, 1.807) is 31.4 Å². The summed E-state index contributed by atoms with van der Waals surface area (Å²) in [6, 6.07) is 10.4. The predicted octanol–water partition coefficient (Wildman–Crippen LogP) is 3.71. The molecule has 0 spiro atoms. The Bertz CT molecular complexity index is 941. The first-order chi connectivity index (χ1) is 12.4. The van der Waals surface area contributed by atoms with E-state index in [0.29, 0.717) is 15.8 Å². The highest BCUT2D eigenvalue weighted by atomic mass is 32.2. The minimum atomic E-state index is -0.570. The van der Waals surface area contributed by atoms with E-state index >= 15 is 0 Å². The van der Waals surface area contributed by atoms with Crippen LogP contribution in [0.2, 0.25) is 0 Å². The van der Waals surface area contributed by atoms with Crippen LogP contribution in [-0.2, 0) is 4.79 Å². The maximum Gasteiger partial charge on any atom is 0.270 e. The number of benzene rings is 2. The molecule has 0 bridgehead atoms. The lowest BCUT2D eigenvalue weighted by Gasteiger charge is -2.14. The second kappa shape index (κ2) is 7.14. The first kappa shape index (κ1) is 17.9. The maximum atomic E-state index is 12.7. The Morgan fingerprint density at radius 2 is 1.96 bits per heavy atom. The number of carbonyl (C=O) groups is 1. The van der Waals surface area contributed by atoms with E-state index in [4.69, 9.17) is 17.0 Å². The van der Waals surface area contributed by atoms with Gasteiger partial charge in [-0.05, 0) is 36.4 Å². The lowest BCUT2D eigenvalue weighted by Crippen LogP contribution is -2.27. The van der Waals surface area contributed by atoms with Crippen LogP contribution in [0.1, 0.15) is 5.56 Å². The molecule has 2 aromatic carbocycles. The third kappa shape index (κ3) is 3.39. The topological polar surface area (TPSA) is 92.9 Å². The molecule has 3 rings (SSSR count). The molecule has 26 heavy (non-hydrogen) atoms. The summed E-state index contributed by atoms with van der Waals surface area (Å²) in [5.74, 6) is 0.123. The standard InChI is InChI=1S/C17H12N2O5S2/c1-24-13-5-2-11(3-6-13)18-16(21)15(26-17(18)25)9-10-8-12(19(22)23)4-7-14(10)20/h2-9,20H,1H3. The molecule has 1 aliphatic heterocycles. The highest BCUT2D eigenvalue weighted by molar-refractivity contribution is 8.27. The van der Waals surface area contributed by atoms with E-state index in [1.807, 2.05) is 0 Å². The number of nitro groups is 1. The molecule has 1 aliphatic rings. The van der Waals surface area contributed by atoms with Crippen LogP contribution in [0, 0.1) is 10.1 Å². The van der Waals surface area contributed by atoms with Crippen LogP contribution in [0.5, 0.6) is 11.5 Å². The zero-order chi connectivity index (χ0) is 18.8. The van der Waals surface area contributed by atoms with E-state index in [2.05, 4.69) is 0 Å². The second-order valence-electron chi connectivity index (χ2n) is 5.22. The molecule has 1 saturated heterocycles. The number of amides is 1. The van der Waals surface area contributed by atoms with Crippen molar-refractivity contribution in [2.24, 2.45) is 0 Å². The van der Waals surface area contributed by atoms with Gasteiger partial charge in [0, 0.05) is 17.7 Å². The number of methoxy groups -OCH3 is 1. The number of carbonyl (C=O) groups excluding carboxylic acids is 1. The summed E-state index contributed by atoms with van der Waals surface area (Å²) in [6.07, 6.45) is 1.39. The zero-order valence-electron chi connectivity index (χ0n) is 13.4. The largest absolute Gasteiger partial charge is 0.507 e. The molecule has 1 fully saturated rings. The number of aromatic hydroxyl groups is 1. The third-order valence-corrected chi connectivity index (χ3v) is 4.94. The van der Waals surface area contributed by atoms with Gasteiger partial charge in [0.1, 0.15) is 11.5 Å². The van der Waals surface area contributed by atoms with Crippen LogP contribution in [0.15, 0.2) is 47.4 Å². The monoisotopic (exact) mass is 388 g/mol. The van der Waals surface area contributed by atoms with E-state index in [-0.39, 0.29) is 27.8 Å². The van der Waals surface area contributed by atoms with Crippen LogP contribution >= 0.6 is 24.0 Å². The van der Waals surface area contributed by atoms with E-state index in [0.717, 1.165) is 11.8 Å². The summed E-state index contributed by atoms with van der Waals surface area (Å²) >= 11 is 6.34. The third-order valence-electron chi connectivity index (χ3n) is 3.63. The van der Waals surface area contributed by atoms with E-state index in [1.165, 1.54) is 29.2 Å². The van der Waals surface area contributed by atoms with Crippen molar-refractivity contribution >= 4 is 51.7 Å². The number of anilines is 1. The summed E-state index contributed by atoms with van der Waals surface area (Å²) in [5.41, 5.74) is 0.578. The maximum absolute atomic E-state index is 12.7. The zero-order valence-corrected chi connectivity index (χ0v) is 15.0. The number of phenols is 1. The minimum absolute atomic E-state index is 0.162. The molecular weight excluding hydrogens is 376 g/mol.